The minimum Gasteiger partial charge on any atom is -0.370 e. The summed E-state index contributed by atoms with van der Waals surface area (Å²) in [6.07, 6.45) is 3.63. The standard InChI is InChI=1S/C25H26FN3O3/c1-2-12-27-23(30)18-7-5-13-28(16-18)21-10-4-9-20-22(21)25(32)29(24(20)31)14-11-17-6-3-8-19(26)15-17/h2-4,6,8-10,15,18H,1,5,7,11-14,16H2,(H,27,30). The Balaban J connectivity index is 1.52. The molecular formula is C25H26FN3O3. The Labute approximate surface area is 186 Å². The number of amides is 3. The van der Waals surface area contributed by atoms with Gasteiger partial charge >= 0.3 is 0 Å². The van der Waals surface area contributed by atoms with E-state index in [-0.39, 0.29) is 36.0 Å². The molecule has 0 bridgehead atoms. The van der Waals surface area contributed by atoms with Crippen LogP contribution >= 0.6 is 0 Å². The summed E-state index contributed by atoms with van der Waals surface area (Å²) in [6.45, 7) is 5.43. The van der Waals surface area contributed by atoms with Crippen LogP contribution in [0, 0.1) is 11.7 Å². The summed E-state index contributed by atoms with van der Waals surface area (Å²) in [7, 11) is 0. The molecule has 2 heterocycles. The zero-order valence-electron chi connectivity index (χ0n) is 17.9. The maximum absolute atomic E-state index is 13.5. The van der Waals surface area contributed by atoms with Crippen LogP contribution in [0.25, 0.3) is 0 Å². The molecule has 4 rings (SSSR count). The van der Waals surface area contributed by atoms with E-state index in [1.807, 2.05) is 11.0 Å². The van der Waals surface area contributed by atoms with Crippen molar-refractivity contribution in [1.29, 1.82) is 0 Å². The zero-order valence-corrected chi connectivity index (χ0v) is 17.9. The summed E-state index contributed by atoms with van der Waals surface area (Å²) in [5.41, 5.74) is 2.19. The zero-order chi connectivity index (χ0) is 22.7. The first-order chi connectivity index (χ1) is 15.5. The maximum Gasteiger partial charge on any atom is 0.263 e. The molecule has 1 saturated heterocycles. The predicted octanol–water partition coefficient (Wildman–Crippen LogP) is 3.18. The first kappa shape index (κ1) is 21.7. The number of anilines is 1. The summed E-state index contributed by atoms with van der Waals surface area (Å²) >= 11 is 0. The molecule has 2 aliphatic rings. The van der Waals surface area contributed by atoms with Crippen LogP contribution in [0.15, 0.2) is 55.1 Å². The Morgan fingerprint density at radius 1 is 1.19 bits per heavy atom. The predicted molar refractivity (Wildman–Crippen MR) is 120 cm³/mol. The molecule has 7 heteroatoms. The number of benzene rings is 2. The molecule has 0 spiro atoms. The summed E-state index contributed by atoms with van der Waals surface area (Å²) in [4.78, 5) is 41.9. The third-order valence-corrected chi connectivity index (χ3v) is 6.04. The van der Waals surface area contributed by atoms with E-state index in [0.29, 0.717) is 42.9 Å². The third kappa shape index (κ3) is 4.28. The molecule has 0 radical (unpaired) electrons. The Hall–Kier alpha value is -3.48. The van der Waals surface area contributed by atoms with E-state index < -0.39 is 0 Å². The molecule has 1 atom stereocenters. The Bertz CT molecular complexity index is 1070. The lowest BCUT2D eigenvalue weighted by molar-refractivity contribution is -0.125. The number of nitrogens with zero attached hydrogens (tertiary/aromatic N) is 2. The van der Waals surface area contributed by atoms with Crippen LogP contribution in [-0.2, 0) is 11.2 Å². The van der Waals surface area contributed by atoms with Crippen LogP contribution in [0.4, 0.5) is 10.1 Å². The molecule has 3 amide bonds. The first-order valence-corrected chi connectivity index (χ1v) is 10.9. The van der Waals surface area contributed by atoms with Crippen molar-refractivity contribution >= 4 is 23.4 Å². The van der Waals surface area contributed by atoms with Gasteiger partial charge in [-0.2, -0.15) is 0 Å². The maximum atomic E-state index is 13.5. The number of fused-ring (bicyclic) bond motifs is 1. The molecule has 32 heavy (non-hydrogen) atoms. The highest BCUT2D eigenvalue weighted by Gasteiger charge is 2.39. The van der Waals surface area contributed by atoms with E-state index in [9.17, 15) is 18.8 Å². The van der Waals surface area contributed by atoms with Gasteiger partial charge in [-0.25, -0.2) is 4.39 Å². The SMILES string of the molecule is C=CCNC(=O)C1CCCN(c2cccc3c2C(=O)N(CCc2cccc(F)c2)C3=O)C1. The molecular weight excluding hydrogens is 409 g/mol. The second kappa shape index (κ2) is 9.34. The number of halogens is 1. The first-order valence-electron chi connectivity index (χ1n) is 10.9. The molecule has 0 aromatic heterocycles. The van der Waals surface area contributed by atoms with Crippen molar-refractivity contribution in [2.45, 2.75) is 19.3 Å². The highest BCUT2D eigenvalue weighted by Crippen LogP contribution is 2.34. The lowest BCUT2D eigenvalue weighted by Crippen LogP contribution is -2.43. The molecule has 1 N–H and O–H groups in total. The fourth-order valence-corrected chi connectivity index (χ4v) is 4.44. The van der Waals surface area contributed by atoms with Crippen molar-refractivity contribution < 1.29 is 18.8 Å². The van der Waals surface area contributed by atoms with Crippen molar-refractivity contribution in [1.82, 2.24) is 10.2 Å². The monoisotopic (exact) mass is 435 g/mol. The Kier molecular flexibility index (Phi) is 6.35. The quantitative estimate of drug-likeness (QED) is 0.536. The van der Waals surface area contributed by atoms with Gasteiger partial charge < -0.3 is 10.2 Å². The number of rotatable bonds is 7. The fraction of sp³-hybridized carbons (Fsp3) is 0.320. The van der Waals surface area contributed by atoms with Crippen LogP contribution in [0.2, 0.25) is 0 Å². The van der Waals surface area contributed by atoms with Crippen LogP contribution in [-0.4, -0.2) is 48.8 Å². The van der Waals surface area contributed by atoms with Crippen molar-refractivity contribution in [3.05, 3.63) is 77.6 Å². The van der Waals surface area contributed by atoms with E-state index in [1.165, 1.54) is 17.0 Å². The van der Waals surface area contributed by atoms with Gasteiger partial charge in [-0.1, -0.05) is 24.3 Å². The highest BCUT2D eigenvalue weighted by atomic mass is 19.1. The smallest absolute Gasteiger partial charge is 0.263 e. The van der Waals surface area contributed by atoms with Crippen molar-refractivity contribution in [2.24, 2.45) is 5.92 Å². The highest BCUT2D eigenvalue weighted by molar-refractivity contribution is 6.23. The lowest BCUT2D eigenvalue weighted by atomic mass is 9.95. The normalized spacial score (nSPS) is 18.0. The minimum absolute atomic E-state index is 0.0266. The summed E-state index contributed by atoms with van der Waals surface area (Å²) in [5.74, 6) is -1.23. The van der Waals surface area contributed by atoms with E-state index in [4.69, 9.17) is 0 Å². The van der Waals surface area contributed by atoms with Crippen molar-refractivity contribution in [3.8, 4) is 0 Å². The third-order valence-electron chi connectivity index (χ3n) is 6.04. The van der Waals surface area contributed by atoms with Gasteiger partial charge in [0.25, 0.3) is 11.8 Å². The molecule has 166 valence electrons. The molecule has 1 fully saturated rings. The van der Waals surface area contributed by atoms with Gasteiger partial charge in [-0.3, -0.25) is 19.3 Å². The fourth-order valence-electron chi connectivity index (χ4n) is 4.44. The van der Waals surface area contributed by atoms with Gasteiger partial charge in [-0.05, 0) is 49.1 Å². The average molecular weight is 435 g/mol. The lowest BCUT2D eigenvalue weighted by Gasteiger charge is -2.34. The molecule has 2 aliphatic heterocycles. The van der Waals surface area contributed by atoms with E-state index in [0.717, 1.165) is 18.4 Å². The van der Waals surface area contributed by atoms with Crippen LogP contribution in [0.1, 0.15) is 39.1 Å². The molecule has 0 aliphatic carbocycles. The number of piperidine rings is 1. The molecule has 2 aromatic rings. The largest absolute Gasteiger partial charge is 0.370 e. The van der Waals surface area contributed by atoms with Gasteiger partial charge in [0.1, 0.15) is 5.82 Å². The summed E-state index contributed by atoms with van der Waals surface area (Å²) < 4.78 is 13.5. The van der Waals surface area contributed by atoms with Gasteiger partial charge in [0.2, 0.25) is 5.91 Å². The number of carbonyl (C=O) groups excluding carboxylic acids is 3. The van der Waals surface area contributed by atoms with Gasteiger partial charge in [0, 0.05) is 26.2 Å². The molecule has 2 aromatic carbocycles. The number of imide groups is 1. The molecule has 0 saturated carbocycles. The average Bonchev–Trinajstić information content (AvgIpc) is 3.06. The number of nitrogens with one attached hydrogen (secondary N) is 1. The summed E-state index contributed by atoms with van der Waals surface area (Å²) in [5, 5.41) is 2.85. The van der Waals surface area contributed by atoms with Crippen LogP contribution < -0.4 is 10.2 Å². The number of carbonyl (C=O) groups is 3. The topological polar surface area (TPSA) is 69.7 Å². The van der Waals surface area contributed by atoms with Gasteiger partial charge in [-0.15, -0.1) is 6.58 Å². The molecule has 6 nitrogen and oxygen atoms in total. The van der Waals surface area contributed by atoms with Gasteiger partial charge in [0.15, 0.2) is 0 Å². The molecule has 1 unspecified atom stereocenters. The Morgan fingerprint density at radius 3 is 2.78 bits per heavy atom. The minimum atomic E-state index is -0.344. The second-order valence-electron chi connectivity index (χ2n) is 8.16. The van der Waals surface area contributed by atoms with E-state index in [2.05, 4.69) is 11.9 Å². The Morgan fingerprint density at radius 2 is 2.00 bits per heavy atom. The van der Waals surface area contributed by atoms with E-state index in [1.54, 1.807) is 30.3 Å². The summed E-state index contributed by atoms with van der Waals surface area (Å²) in [6, 6.07) is 11.4. The number of hydrogen-bond acceptors (Lipinski definition) is 4. The van der Waals surface area contributed by atoms with Crippen molar-refractivity contribution in [3.63, 3.8) is 0 Å². The van der Waals surface area contributed by atoms with E-state index >= 15 is 0 Å². The van der Waals surface area contributed by atoms with Gasteiger partial charge in [0.05, 0.1) is 22.7 Å². The number of hydrogen-bond donors (Lipinski definition) is 1. The second-order valence-corrected chi connectivity index (χ2v) is 8.16. The van der Waals surface area contributed by atoms with Crippen LogP contribution in [0.3, 0.4) is 0 Å². The van der Waals surface area contributed by atoms with Crippen LogP contribution in [0.5, 0.6) is 0 Å². The van der Waals surface area contributed by atoms with Crippen molar-refractivity contribution in [2.75, 3.05) is 31.1 Å².